The first-order valence-corrected chi connectivity index (χ1v) is 9.31. The van der Waals surface area contributed by atoms with Gasteiger partial charge in [0, 0.05) is 20.1 Å². The Morgan fingerprint density at radius 2 is 2.12 bits per heavy atom. The molecule has 0 radical (unpaired) electrons. The Labute approximate surface area is 150 Å². The summed E-state index contributed by atoms with van der Waals surface area (Å²) in [5.41, 5.74) is 1.70. The van der Waals surface area contributed by atoms with Crippen LogP contribution in [0.4, 0.5) is 11.4 Å². The van der Waals surface area contributed by atoms with Crippen molar-refractivity contribution in [3.63, 3.8) is 0 Å². The zero-order valence-corrected chi connectivity index (χ0v) is 15.1. The summed E-state index contributed by atoms with van der Waals surface area (Å²) in [5.74, 6) is 0.196. The van der Waals surface area contributed by atoms with Gasteiger partial charge in [-0.3, -0.25) is 4.79 Å². The van der Waals surface area contributed by atoms with Crippen molar-refractivity contribution >= 4 is 40.6 Å². The minimum atomic E-state index is -0.0801. The average Bonchev–Trinajstić information content (AvgIpc) is 2.99. The van der Waals surface area contributed by atoms with Crippen LogP contribution in [-0.2, 0) is 11.8 Å². The van der Waals surface area contributed by atoms with E-state index in [9.17, 15) is 4.79 Å². The lowest BCUT2D eigenvalue weighted by molar-refractivity contribution is -0.113. The zero-order valence-electron chi connectivity index (χ0n) is 13.5. The van der Waals surface area contributed by atoms with Gasteiger partial charge in [0.15, 0.2) is 5.16 Å². The molecule has 0 aliphatic carbocycles. The summed E-state index contributed by atoms with van der Waals surface area (Å²) in [6.45, 7) is 1.95. The fourth-order valence-corrected chi connectivity index (χ4v) is 3.76. The number of carbonyl (C=O) groups is 1. The number of halogens is 1. The van der Waals surface area contributed by atoms with Gasteiger partial charge >= 0.3 is 0 Å². The first kappa shape index (κ1) is 17.1. The van der Waals surface area contributed by atoms with Gasteiger partial charge in [-0.1, -0.05) is 29.4 Å². The molecule has 6 nitrogen and oxygen atoms in total. The lowest BCUT2D eigenvalue weighted by Gasteiger charge is -2.31. The molecular formula is C16H20ClN5OS. The molecule has 1 aromatic heterocycles. The number of benzene rings is 1. The first-order valence-electron chi connectivity index (χ1n) is 7.95. The Morgan fingerprint density at radius 1 is 1.33 bits per heavy atom. The summed E-state index contributed by atoms with van der Waals surface area (Å²) in [6.07, 6.45) is 5.17. The lowest BCUT2D eigenvalue weighted by atomic mass is 10.1. The Kier molecular flexibility index (Phi) is 5.63. The maximum absolute atomic E-state index is 12.3. The standard InChI is InChI=1S/C16H20ClN5OS/c1-21-11-18-20-16(21)24-10-14(23)19-13-7-5-6-12(17)15(13)22-8-3-2-4-9-22/h5-7,11H,2-4,8-10H2,1H3,(H,19,23). The van der Waals surface area contributed by atoms with Crippen LogP contribution in [0.3, 0.4) is 0 Å². The molecule has 0 saturated carbocycles. The zero-order chi connectivity index (χ0) is 16.9. The van der Waals surface area contributed by atoms with Crippen molar-refractivity contribution in [2.45, 2.75) is 24.4 Å². The Hall–Kier alpha value is -1.73. The van der Waals surface area contributed by atoms with Gasteiger partial charge in [0.1, 0.15) is 6.33 Å². The second kappa shape index (κ2) is 7.90. The Morgan fingerprint density at radius 3 is 2.83 bits per heavy atom. The van der Waals surface area contributed by atoms with Crippen LogP contribution in [0.15, 0.2) is 29.7 Å². The van der Waals surface area contributed by atoms with E-state index in [-0.39, 0.29) is 11.7 Å². The van der Waals surface area contributed by atoms with E-state index in [1.807, 2.05) is 25.2 Å². The molecular weight excluding hydrogens is 346 g/mol. The molecule has 1 amide bonds. The lowest BCUT2D eigenvalue weighted by Crippen LogP contribution is -2.31. The molecule has 1 aromatic carbocycles. The maximum Gasteiger partial charge on any atom is 0.234 e. The van der Waals surface area contributed by atoms with Crippen LogP contribution in [0.1, 0.15) is 19.3 Å². The molecule has 24 heavy (non-hydrogen) atoms. The van der Waals surface area contributed by atoms with Crippen molar-refractivity contribution in [1.29, 1.82) is 0 Å². The fourth-order valence-electron chi connectivity index (χ4n) is 2.77. The quantitative estimate of drug-likeness (QED) is 0.824. The van der Waals surface area contributed by atoms with Gasteiger partial charge in [0.05, 0.1) is 22.2 Å². The Balaban J connectivity index is 1.69. The highest BCUT2D eigenvalue weighted by atomic mass is 35.5. The van der Waals surface area contributed by atoms with Crippen LogP contribution in [-0.4, -0.2) is 39.5 Å². The van der Waals surface area contributed by atoms with Gasteiger partial charge < -0.3 is 14.8 Å². The molecule has 2 heterocycles. The maximum atomic E-state index is 12.3. The van der Waals surface area contributed by atoms with Crippen LogP contribution < -0.4 is 10.2 Å². The third-order valence-corrected chi connectivity index (χ3v) is 5.27. The second-order valence-corrected chi connectivity index (χ2v) is 7.09. The molecule has 8 heteroatoms. The SMILES string of the molecule is Cn1cnnc1SCC(=O)Nc1cccc(Cl)c1N1CCCCC1. The summed E-state index contributed by atoms with van der Waals surface area (Å²) in [6, 6.07) is 5.64. The normalized spacial score (nSPS) is 14.7. The van der Waals surface area contributed by atoms with Crippen molar-refractivity contribution in [3.8, 4) is 0 Å². The number of thioether (sulfide) groups is 1. The molecule has 128 valence electrons. The van der Waals surface area contributed by atoms with Crippen LogP contribution in [0, 0.1) is 0 Å². The predicted molar refractivity (Wildman–Crippen MR) is 97.9 cm³/mol. The number of rotatable bonds is 5. The number of aromatic nitrogens is 3. The van der Waals surface area contributed by atoms with Gasteiger partial charge in [-0.15, -0.1) is 10.2 Å². The van der Waals surface area contributed by atoms with Gasteiger partial charge in [0.25, 0.3) is 0 Å². The van der Waals surface area contributed by atoms with E-state index in [0.29, 0.717) is 10.2 Å². The van der Waals surface area contributed by atoms with Gasteiger partial charge in [0.2, 0.25) is 5.91 Å². The van der Waals surface area contributed by atoms with E-state index in [2.05, 4.69) is 20.4 Å². The third-order valence-electron chi connectivity index (χ3n) is 3.94. The number of para-hydroxylation sites is 1. The summed E-state index contributed by atoms with van der Waals surface area (Å²) < 4.78 is 1.79. The number of piperidine rings is 1. The number of hydrogen-bond donors (Lipinski definition) is 1. The molecule has 2 aromatic rings. The van der Waals surface area contributed by atoms with Crippen LogP contribution >= 0.6 is 23.4 Å². The van der Waals surface area contributed by atoms with E-state index in [1.165, 1.54) is 18.2 Å². The molecule has 1 aliphatic heterocycles. The number of hydrogen-bond acceptors (Lipinski definition) is 5. The predicted octanol–water partition coefficient (Wildman–Crippen LogP) is 3.19. The van der Waals surface area contributed by atoms with Crippen molar-refractivity contribution in [1.82, 2.24) is 14.8 Å². The molecule has 0 spiro atoms. The number of nitrogens with one attached hydrogen (secondary N) is 1. The Bertz CT molecular complexity index is 714. The third kappa shape index (κ3) is 4.02. The van der Waals surface area contributed by atoms with Crippen molar-refractivity contribution < 1.29 is 4.79 Å². The minimum absolute atomic E-state index is 0.0801. The van der Waals surface area contributed by atoms with Crippen molar-refractivity contribution in [3.05, 3.63) is 29.5 Å². The average molecular weight is 366 g/mol. The van der Waals surface area contributed by atoms with E-state index >= 15 is 0 Å². The number of nitrogens with zero attached hydrogens (tertiary/aromatic N) is 4. The summed E-state index contributed by atoms with van der Waals surface area (Å²) >= 11 is 7.76. The second-order valence-electron chi connectivity index (χ2n) is 5.74. The van der Waals surface area contributed by atoms with Crippen LogP contribution in [0.5, 0.6) is 0 Å². The number of aryl methyl sites for hydroxylation is 1. The number of anilines is 2. The highest BCUT2D eigenvalue weighted by Crippen LogP contribution is 2.35. The molecule has 1 N–H and O–H groups in total. The summed E-state index contributed by atoms with van der Waals surface area (Å²) in [5, 5.41) is 12.2. The smallest absolute Gasteiger partial charge is 0.234 e. The molecule has 1 fully saturated rings. The topological polar surface area (TPSA) is 63.1 Å². The van der Waals surface area contributed by atoms with Crippen molar-refractivity contribution in [2.75, 3.05) is 29.1 Å². The molecule has 3 rings (SSSR count). The van der Waals surface area contributed by atoms with Gasteiger partial charge in [-0.25, -0.2) is 0 Å². The van der Waals surface area contributed by atoms with Gasteiger partial charge in [-0.05, 0) is 31.4 Å². The highest BCUT2D eigenvalue weighted by molar-refractivity contribution is 7.99. The van der Waals surface area contributed by atoms with Crippen LogP contribution in [0.2, 0.25) is 5.02 Å². The highest BCUT2D eigenvalue weighted by Gasteiger charge is 2.19. The van der Waals surface area contributed by atoms with E-state index in [4.69, 9.17) is 11.6 Å². The number of carbonyl (C=O) groups excluding carboxylic acids is 1. The molecule has 1 saturated heterocycles. The van der Waals surface area contributed by atoms with Crippen molar-refractivity contribution in [2.24, 2.45) is 7.05 Å². The molecule has 0 atom stereocenters. The van der Waals surface area contributed by atoms with Crippen LogP contribution in [0.25, 0.3) is 0 Å². The van der Waals surface area contributed by atoms with E-state index in [0.717, 1.165) is 37.3 Å². The fraction of sp³-hybridized carbons (Fsp3) is 0.438. The largest absolute Gasteiger partial charge is 0.369 e. The molecule has 0 bridgehead atoms. The van der Waals surface area contributed by atoms with Gasteiger partial charge in [-0.2, -0.15) is 0 Å². The first-order chi connectivity index (χ1) is 11.6. The van der Waals surface area contributed by atoms with E-state index in [1.54, 1.807) is 10.9 Å². The minimum Gasteiger partial charge on any atom is -0.369 e. The summed E-state index contributed by atoms with van der Waals surface area (Å²) in [7, 11) is 1.85. The number of amides is 1. The summed E-state index contributed by atoms with van der Waals surface area (Å²) in [4.78, 5) is 14.6. The molecule has 0 unspecified atom stereocenters. The molecule has 1 aliphatic rings. The van der Waals surface area contributed by atoms with E-state index < -0.39 is 0 Å². The monoisotopic (exact) mass is 365 g/mol.